The average molecular weight is 275 g/mol. The predicted molar refractivity (Wildman–Crippen MR) is 79.1 cm³/mol. The Bertz CT molecular complexity index is 587. The first-order valence-electron chi connectivity index (χ1n) is 6.90. The SMILES string of the molecule is Cc1nc(C)c2ccn(N3CCCCC3)c2n1.NC=O. The summed E-state index contributed by atoms with van der Waals surface area (Å²) in [5, 5.41) is 3.55. The number of aromatic nitrogens is 3. The minimum Gasteiger partial charge on any atom is -0.372 e. The lowest BCUT2D eigenvalue weighted by molar-refractivity contribution is -0.106. The van der Waals surface area contributed by atoms with Crippen molar-refractivity contribution in [2.45, 2.75) is 33.1 Å². The van der Waals surface area contributed by atoms with Crippen molar-refractivity contribution in [3.63, 3.8) is 0 Å². The van der Waals surface area contributed by atoms with Crippen molar-refractivity contribution in [3.05, 3.63) is 23.8 Å². The minimum absolute atomic E-state index is 0.250. The van der Waals surface area contributed by atoms with Crippen molar-refractivity contribution in [1.29, 1.82) is 0 Å². The highest BCUT2D eigenvalue weighted by Gasteiger charge is 2.14. The molecule has 0 aromatic carbocycles. The zero-order valence-electron chi connectivity index (χ0n) is 12.0. The maximum Gasteiger partial charge on any atom is 0.204 e. The highest BCUT2D eigenvalue weighted by molar-refractivity contribution is 5.78. The van der Waals surface area contributed by atoms with Crippen LogP contribution in [0.4, 0.5) is 0 Å². The van der Waals surface area contributed by atoms with Gasteiger partial charge in [0.05, 0.1) is 5.69 Å². The van der Waals surface area contributed by atoms with Gasteiger partial charge in [-0.2, -0.15) is 0 Å². The standard InChI is InChI=1S/C13H18N4.CH3NO/c1-10-12-6-9-17(13(12)15-11(2)14-10)16-7-4-3-5-8-16;2-1-3/h6,9H,3-5,7-8H2,1-2H3;1H,(H2,2,3). The summed E-state index contributed by atoms with van der Waals surface area (Å²) in [4.78, 5) is 17.6. The molecule has 2 aromatic rings. The van der Waals surface area contributed by atoms with E-state index in [0.29, 0.717) is 0 Å². The van der Waals surface area contributed by atoms with E-state index in [0.717, 1.165) is 30.3 Å². The Morgan fingerprint density at radius 2 is 1.85 bits per heavy atom. The normalized spacial score (nSPS) is 14.8. The smallest absolute Gasteiger partial charge is 0.204 e. The zero-order chi connectivity index (χ0) is 14.5. The Morgan fingerprint density at radius 1 is 1.20 bits per heavy atom. The maximum absolute atomic E-state index is 8.58. The van der Waals surface area contributed by atoms with E-state index in [1.807, 2.05) is 6.92 Å². The number of carbonyl (C=O) groups excluding carboxylic acids is 1. The molecule has 3 rings (SSSR count). The maximum atomic E-state index is 8.58. The van der Waals surface area contributed by atoms with E-state index in [2.05, 4.69) is 44.6 Å². The average Bonchev–Trinajstić information content (AvgIpc) is 2.84. The first-order chi connectivity index (χ1) is 9.67. The van der Waals surface area contributed by atoms with Crippen LogP contribution in [0.3, 0.4) is 0 Å². The third-order valence-electron chi connectivity index (χ3n) is 3.46. The molecule has 0 bridgehead atoms. The molecular formula is C14H21N5O. The van der Waals surface area contributed by atoms with E-state index in [-0.39, 0.29) is 6.41 Å². The van der Waals surface area contributed by atoms with Gasteiger partial charge in [-0.05, 0) is 39.2 Å². The second-order valence-electron chi connectivity index (χ2n) is 4.90. The molecule has 0 radical (unpaired) electrons. The molecule has 6 nitrogen and oxygen atoms in total. The van der Waals surface area contributed by atoms with Crippen molar-refractivity contribution in [2.75, 3.05) is 18.1 Å². The summed E-state index contributed by atoms with van der Waals surface area (Å²) < 4.78 is 2.20. The van der Waals surface area contributed by atoms with E-state index in [9.17, 15) is 0 Å². The Hall–Kier alpha value is -2.11. The Balaban J connectivity index is 0.000000452. The lowest BCUT2D eigenvalue weighted by Gasteiger charge is -2.30. The lowest BCUT2D eigenvalue weighted by Crippen LogP contribution is -2.38. The number of nitrogens with zero attached hydrogens (tertiary/aromatic N) is 4. The summed E-state index contributed by atoms with van der Waals surface area (Å²) in [5.74, 6) is 0.854. The molecule has 0 spiro atoms. The molecule has 2 aromatic heterocycles. The van der Waals surface area contributed by atoms with Crippen LogP contribution in [-0.2, 0) is 4.79 Å². The van der Waals surface area contributed by atoms with Crippen LogP contribution in [0.2, 0.25) is 0 Å². The van der Waals surface area contributed by atoms with E-state index >= 15 is 0 Å². The highest BCUT2D eigenvalue weighted by atomic mass is 16.1. The molecule has 0 aliphatic carbocycles. The number of nitrogens with two attached hydrogens (primary N) is 1. The molecule has 108 valence electrons. The first-order valence-corrected chi connectivity index (χ1v) is 6.90. The van der Waals surface area contributed by atoms with Crippen LogP contribution in [-0.4, -0.2) is 34.1 Å². The summed E-state index contributed by atoms with van der Waals surface area (Å²) in [6.07, 6.45) is 6.28. The molecule has 0 saturated carbocycles. The van der Waals surface area contributed by atoms with E-state index in [4.69, 9.17) is 4.79 Å². The van der Waals surface area contributed by atoms with Gasteiger partial charge >= 0.3 is 0 Å². The van der Waals surface area contributed by atoms with Crippen molar-refractivity contribution < 1.29 is 4.79 Å². The number of primary amides is 1. The Morgan fingerprint density at radius 3 is 2.50 bits per heavy atom. The fourth-order valence-corrected chi connectivity index (χ4v) is 2.61. The summed E-state index contributed by atoms with van der Waals surface area (Å²) in [5.41, 5.74) is 6.29. The van der Waals surface area contributed by atoms with E-state index in [1.165, 1.54) is 24.6 Å². The van der Waals surface area contributed by atoms with Crippen LogP contribution < -0.4 is 10.7 Å². The second kappa shape index (κ2) is 6.36. The number of piperidine rings is 1. The Labute approximate surface area is 118 Å². The highest BCUT2D eigenvalue weighted by Crippen LogP contribution is 2.19. The molecule has 1 fully saturated rings. The Kier molecular flexibility index (Phi) is 4.55. The molecule has 1 amide bonds. The minimum atomic E-state index is 0.250. The summed E-state index contributed by atoms with van der Waals surface area (Å²) in [7, 11) is 0. The molecule has 1 saturated heterocycles. The van der Waals surface area contributed by atoms with Crippen LogP contribution in [0.1, 0.15) is 30.8 Å². The summed E-state index contributed by atoms with van der Waals surface area (Å²) in [6.45, 7) is 6.27. The fourth-order valence-electron chi connectivity index (χ4n) is 2.61. The largest absolute Gasteiger partial charge is 0.372 e. The molecule has 1 aliphatic rings. The van der Waals surface area contributed by atoms with Crippen LogP contribution in [0.15, 0.2) is 12.3 Å². The number of carbonyl (C=O) groups is 1. The summed E-state index contributed by atoms with van der Waals surface area (Å²) in [6, 6.07) is 2.12. The third-order valence-corrected chi connectivity index (χ3v) is 3.46. The fraction of sp³-hybridized carbons (Fsp3) is 0.500. The van der Waals surface area contributed by atoms with Crippen LogP contribution in [0.5, 0.6) is 0 Å². The van der Waals surface area contributed by atoms with Gasteiger partial charge < -0.3 is 10.7 Å². The number of hydrogen-bond acceptors (Lipinski definition) is 4. The predicted octanol–water partition coefficient (Wildman–Crippen LogP) is 1.27. The molecule has 2 N–H and O–H groups in total. The zero-order valence-corrected chi connectivity index (χ0v) is 12.0. The molecule has 0 unspecified atom stereocenters. The van der Waals surface area contributed by atoms with Gasteiger partial charge in [0.15, 0.2) is 5.65 Å². The molecular weight excluding hydrogens is 254 g/mol. The number of amides is 1. The van der Waals surface area contributed by atoms with Gasteiger partial charge in [0.1, 0.15) is 5.82 Å². The van der Waals surface area contributed by atoms with E-state index < -0.39 is 0 Å². The monoisotopic (exact) mass is 275 g/mol. The van der Waals surface area contributed by atoms with Crippen LogP contribution in [0.25, 0.3) is 11.0 Å². The molecule has 3 heterocycles. The molecule has 1 aliphatic heterocycles. The summed E-state index contributed by atoms with van der Waals surface area (Å²) >= 11 is 0. The van der Waals surface area contributed by atoms with Gasteiger partial charge in [0, 0.05) is 24.7 Å². The van der Waals surface area contributed by atoms with E-state index in [1.54, 1.807) is 0 Å². The van der Waals surface area contributed by atoms with Crippen molar-refractivity contribution in [2.24, 2.45) is 5.73 Å². The van der Waals surface area contributed by atoms with Gasteiger partial charge in [0.25, 0.3) is 0 Å². The van der Waals surface area contributed by atoms with Gasteiger partial charge in [-0.15, -0.1) is 0 Å². The van der Waals surface area contributed by atoms with Crippen LogP contribution in [0, 0.1) is 13.8 Å². The quantitative estimate of drug-likeness (QED) is 0.795. The van der Waals surface area contributed by atoms with Gasteiger partial charge in [-0.25, -0.2) is 14.6 Å². The molecule has 6 heteroatoms. The first kappa shape index (κ1) is 14.3. The number of aryl methyl sites for hydroxylation is 2. The molecule has 0 atom stereocenters. The van der Waals surface area contributed by atoms with Gasteiger partial charge in [-0.3, -0.25) is 4.79 Å². The van der Waals surface area contributed by atoms with Crippen molar-refractivity contribution in [1.82, 2.24) is 14.6 Å². The van der Waals surface area contributed by atoms with Crippen molar-refractivity contribution >= 4 is 17.4 Å². The van der Waals surface area contributed by atoms with Gasteiger partial charge in [0.2, 0.25) is 6.41 Å². The third kappa shape index (κ3) is 2.89. The van der Waals surface area contributed by atoms with Crippen LogP contribution >= 0.6 is 0 Å². The molecule has 20 heavy (non-hydrogen) atoms. The second-order valence-corrected chi connectivity index (χ2v) is 4.90. The van der Waals surface area contributed by atoms with Gasteiger partial charge in [-0.1, -0.05) is 0 Å². The topological polar surface area (TPSA) is 77.0 Å². The number of hydrogen-bond donors (Lipinski definition) is 1. The van der Waals surface area contributed by atoms with Crippen molar-refractivity contribution in [3.8, 4) is 0 Å². The number of fused-ring (bicyclic) bond motifs is 1. The lowest BCUT2D eigenvalue weighted by atomic mass is 10.2. The number of rotatable bonds is 1.